The standard InChI is InChI=1S/C18H16ClN3O3/c19-13-6-7-14(18(20)24)16(10-13)25-11-17(23)22-9-8-15(21-22)12-4-2-1-3-5-12/h1-7,10H,8-9,11H2,(H2,20,24). The number of ether oxygens (including phenoxy) is 1. The highest BCUT2D eigenvalue weighted by atomic mass is 35.5. The number of primary amides is 1. The predicted octanol–water partition coefficient (Wildman–Crippen LogP) is 2.45. The first-order chi connectivity index (χ1) is 12.0. The largest absolute Gasteiger partial charge is 0.483 e. The van der Waals surface area contributed by atoms with Crippen molar-refractivity contribution in [3.05, 3.63) is 64.7 Å². The quantitative estimate of drug-likeness (QED) is 0.891. The molecule has 7 heteroatoms. The lowest BCUT2D eigenvalue weighted by Crippen LogP contribution is -2.29. The average molecular weight is 358 g/mol. The molecule has 1 heterocycles. The van der Waals surface area contributed by atoms with Gasteiger partial charge in [-0.05, 0) is 23.8 Å². The second kappa shape index (κ2) is 7.36. The summed E-state index contributed by atoms with van der Waals surface area (Å²) in [5.74, 6) is -0.772. The number of hydrogen-bond donors (Lipinski definition) is 1. The molecule has 0 saturated heterocycles. The molecule has 2 aromatic rings. The van der Waals surface area contributed by atoms with Crippen LogP contribution in [0.3, 0.4) is 0 Å². The Morgan fingerprint density at radius 3 is 2.68 bits per heavy atom. The number of rotatable bonds is 5. The third-order valence-corrected chi connectivity index (χ3v) is 3.99. The number of carbonyl (C=O) groups is 2. The van der Waals surface area contributed by atoms with E-state index in [0.717, 1.165) is 11.3 Å². The topological polar surface area (TPSA) is 85.0 Å². The zero-order chi connectivity index (χ0) is 17.8. The molecule has 0 radical (unpaired) electrons. The van der Waals surface area contributed by atoms with E-state index < -0.39 is 5.91 Å². The fourth-order valence-corrected chi connectivity index (χ4v) is 2.67. The van der Waals surface area contributed by atoms with Gasteiger partial charge in [-0.3, -0.25) is 9.59 Å². The second-order valence-corrected chi connectivity index (χ2v) is 5.91. The van der Waals surface area contributed by atoms with Gasteiger partial charge in [-0.2, -0.15) is 5.10 Å². The van der Waals surface area contributed by atoms with Gasteiger partial charge < -0.3 is 10.5 Å². The minimum atomic E-state index is -0.648. The first-order valence-electron chi connectivity index (χ1n) is 7.70. The second-order valence-electron chi connectivity index (χ2n) is 5.47. The van der Waals surface area contributed by atoms with Crippen LogP contribution in [-0.2, 0) is 4.79 Å². The number of benzene rings is 2. The Morgan fingerprint density at radius 2 is 1.96 bits per heavy atom. The zero-order valence-electron chi connectivity index (χ0n) is 13.3. The van der Waals surface area contributed by atoms with Crippen molar-refractivity contribution in [2.75, 3.05) is 13.2 Å². The van der Waals surface area contributed by atoms with Crippen LogP contribution >= 0.6 is 11.6 Å². The summed E-state index contributed by atoms with van der Waals surface area (Å²) in [6.07, 6.45) is 0.680. The molecule has 2 aromatic carbocycles. The number of hydrogen-bond acceptors (Lipinski definition) is 4. The van der Waals surface area contributed by atoms with Crippen LogP contribution in [0.1, 0.15) is 22.3 Å². The van der Waals surface area contributed by atoms with E-state index in [0.29, 0.717) is 18.0 Å². The van der Waals surface area contributed by atoms with Crippen LogP contribution in [0.5, 0.6) is 5.75 Å². The van der Waals surface area contributed by atoms with E-state index >= 15 is 0 Å². The molecule has 1 aliphatic heterocycles. The van der Waals surface area contributed by atoms with Gasteiger partial charge in [0.25, 0.3) is 11.8 Å². The molecule has 25 heavy (non-hydrogen) atoms. The van der Waals surface area contributed by atoms with Crippen molar-refractivity contribution in [1.82, 2.24) is 5.01 Å². The van der Waals surface area contributed by atoms with Gasteiger partial charge in [-0.1, -0.05) is 41.9 Å². The predicted molar refractivity (Wildman–Crippen MR) is 94.8 cm³/mol. The van der Waals surface area contributed by atoms with Gasteiger partial charge in [-0.25, -0.2) is 5.01 Å². The Hall–Kier alpha value is -2.86. The fraction of sp³-hybridized carbons (Fsp3) is 0.167. The third kappa shape index (κ3) is 3.97. The van der Waals surface area contributed by atoms with Crippen LogP contribution in [0.2, 0.25) is 5.02 Å². The molecule has 128 valence electrons. The molecule has 0 saturated carbocycles. The number of hydrazone groups is 1. The lowest BCUT2D eigenvalue weighted by atomic mass is 10.1. The van der Waals surface area contributed by atoms with Crippen LogP contribution in [0, 0.1) is 0 Å². The highest BCUT2D eigenvalue weighted by molar-refractivity contribution is 6.30. The van der Waals surface area contributed by atoms with Gasteiger partial charge >= 0.3 is 0 Å². The van der Waals surface area contributed by atoms with Gasteiger partial charge in [0.1, 0.15) is 5.75 Å². The fourth-order valence-electron chi connectivity index (χ4n) is 2.50. The van der Waals surface area contributed by atoms with Crippen molar-refractivity contribution in [3.63, 3.8) is 0 Å². The summed E-state index contributed by atoms with van der Waals surface area (Å²) in [4.78, 5) is 23.7. The molecule has 0 aromatic heterocycles. The third-order valence-electron chi connectivity index (χ3n) is 3.76. The van der Waals surface area contributed by atoms with Crippen molar-refractivity contribution in [2.24, 2.45) is 10.8 Å². The summed E-state index contributed by atoms with van der Waals surface area (Å²) in [5, 5.41) is 6.11. The summed E-state index contributed by atoms with van der Waals surface area (Å²) in [5.41, 5.74) is 7.32. The zero-order valence-corrected chi connectivity index (χ0v) is 14.1. The molecular weight excluding hydrogens is 342 g/mol. The molecule has 0 fully saturated rings. The molecule has 0 aliphatic carbocycles. The first kappa shape index (κ1) is 17.0. The van der Waals surface area contributed by atoms with Crippen molar-refractivity contribution in [2.45, 2.75) is 6.42 Å². The number of nitrogens with two attached hydrogens (primary N) is 1. The Labute approximate surface area is 149 Å². The van der Waals surface area contributed by atoms with Crippen molar-refractivity contribution in [3.8, 4) is 5.75 Å². The Kier molecular flexibility index (Phi) is 5.00. The average Bonchev–Trinajstić information content (AvgIpc) is 3.10. The normalized spacial score (nSPS) is 13.5. The minimum absolute atomic E-state index is 0.173. The summed E-state index contributed by atoms with van der Waals surface area (Å²) in [6.45, 7) is 0.233. The maximum atomic E-state index is 12.3. The summed E-state index contributed by atoms with van der Waals surface area (Å²) < 4.78 is 5.45. The Balaban J connectivity index is 1.67. The smallest absolute Gasteiger partial charge is 0.280 e. The summed E-state index contributed by atoms with van der Waals surface area (Å²) in [6, 6.07) is 14.1. The lowest BCUT2D eigenvalue weighted by molar-refractivity contribution is -0.132. The number of amides is 2. The van der Waals surface area contributed by atoms with E-state index in [1.54, 1.807) is 0 Å². The van der Waals surface area contributed by atoms with Crippen LogP contribution in [0.15, 0.2) is 53.6 Å². The molecule has 0 unspecified atom stereocenters. The van der Waals surface area contributed by atoms with E-state index in [9.17, 15) is 9.59 Å². The molecular formula is C18H16ClN3O3. The van der Waals surface area contributed by atoms with Crippen LogP contribution in [0.4, 0.5) is 0 Å². The number of halogens is 1. The van der Waals surface area contributed by atoms with Crippen molar-refractivity contribution < 1.29 is 14.3 Å². The van der Waals surface area contributed by atoms with Crippen molar-refractivity contribution >= 4 is 29.1 Å². The number of carbonyl (C=O) groups excluding carboxylic acids is 2. The van der Waals surface area contributed by atoms with Gasteiger partial charge in [0, 0.05) is 11.4 Å². The SMILES string of the molecule is NC(=O)c1ccc(Cl)cc1OCC(=O)N1CCC(c2ccccc2)=N1. The van der Waals surface area contributed by atoms with Crippen LogP contribution in [-0.4, -0.2) is 35.7 Å². The summed E-state index contributed by atoms with van der Waals surface area (Å²) in [7, 11) is 0. The minimum Gasteiger partial charge on any atom is -0.483 e. The molecule has 0 bridgehead atoms. The van der Waals surface area contributed by atoms with Crippen LogP contribution in [0.25, 0.3) is 0 Å². The van der Waals surface area contributed by atoms with E-state index in [2.05, 4.69) is 5.10 Å². The molecule has 6 nitrogen and oxygen atoms in total. The van der Waals surface area contributed by atoms with Crippen molar-refractivity contribution in [1.29, 1.82) is 0 Å². The maximum Gasteiger partial charge on any atom is 0.280 e. The van der Waals surface area contributed by atoms with E-state index in [-0.39, 0.29) is 23.8 Å². The van der Waals surface area contributed by atoms with Gasteiger partial charge in [0.2, 0.25) is 0 Å². The maximum absolute atomic E-state index is 12.3. The molecule has 2 amide bonds. The van der Waals surface area contributed by atoms with E-state index in [1.165, 1.54) is 23.2 Å². The molecule has 0 spiro atoms. The van der Waals surface area contributed by atoms with Crippen LogP contribution < -0.4 is 10.5 Å². The molecule has 0 atom stereocenters. The Morgan fingerprint density at radius 1 is 1.20 bits per heavy atom. The number of nitrogens with zero attached hydrogens (tertiary/aromatic N) is 2. The highest BCUT2D eigenvalue weighted by Crippen LogP contribution is 2.23. The summed E-state index contributed by atoms with van der Waals surface area (Å²) >= 11 is 5.90. The van der Waals surface area contributed by atoms with E-state index in [4.69, 9.17) is 22.1 Å². The Bertz CT molecular complexity index is 837. The molecule has 1 aliphatic rings. The van der Waals surface area contributed by atoms with Gasteiger partial charge in [0.05, 0.1) is 17.8 Å². The highest BCUT2D eigenvalue weighted by Gasteiger charge is 2.22. The van der Waals surface area contributed by atoms with Gasteiger partial charge in [0.15, 0.2) is 6.61 Å². The first-order valence-corrected chi connectivity index (χ1v) is 8.08. The van der Waals surface area contributed by atoms with Gasteiger partial charge in [-0.15, -0.1) is 0 Å². The lowest BCUT2D eigenvalue weighted by Gasteiger charge is -2.13. The monoisotopic (exact) mass is 357 g/mol. The molecule has 3 rings (SSSR count). The van der Waals surface area contributed by atoms with E-state index in [1.807, 2.05) is 30.3 Å². The molecule has 2 N–H and O–H groups in total.